The molecule has 0 aliphatic rings. The van der Waals surface area contributed by atoms with E-state index in [9.17, 15) is 12.8 Å². The van der Waals surface area contributed by atoms with Gasteiger partial charge < -0.3 is 5.32 Å². The Kier molecular flexibility index (Phi) is 5.99. The molecule has 0 spiro atoms. The van der Waals surface area contributed by atoms with E-state index in [4.69, 9.17) is 11.6 Å². The van der Waals surface area contributed by atoms with Crippen LogP contribution in [0.25, 0.3) is 0 Å². The minimum atomic E-state index is -3.70. The van der Waals surface area contributed by atoms with Crippen molar-refractivity contribution < 1.29 is 12.8 Å². The average Bonchev–Trinajstić information content (AvgIpc) is 2.26. The lowest BCUT2D eigenvalue weighted by Crippen LogP contribution is -2.34. The van der Waals surface area contributed by atoms with Gasteiger partial charge >= 0.3 is 10.2 Å². The third-order valence-corrected chi connectivity index (χ3v) is 4.13. The zero-order valence-corrected chi connectivity index (χ0v) is 12.4. The van der Waals surface area contributed by atoms with Crippen molar-refractivity contribution in [3.05, 3.63) is 29.0 Å². The van der Waals surface area contributed by atoms with Gasteiger partial charge in [0.15, 0.2) is 0 Å². The highest BCUT2D eigenvalue weighted by Crippen LogP contribution is 2.19. The molecule has 0 saturated carbocycles. The van der Waals surface area contributed by atoms with Crippen LogP contribution >= 0.6 is 11.6 Å². The number of halogens is 2. The lowest BCUT2D eigenvalue weighted by atomic mass is 10.3. The predicted molar refractivity (Wildman–Crippen MR) is 75.1 cm³/mol. The average molecular weight is 310 g/mol. The molecule has 0 amide bonds. The van der Waals surface area contributed by atoms with E-state index in [1.807, 2.05) is 0 Å². The minimum absolute atomic E-state index is 0.102. The van der Waals surface area contributed by atoms with Crippen LogP contribution in [0.15, 0.2) is 18.2 Å². The third-order valence-electron chi connectivity index (χ3n) is 2.42. The number of benzene rings is 1. The van der Waals surface area contributed by atoms with Crippen molar-refractivity contribution in [2.24, 2.45) is 0 Å². The second kappa shape index (κ2) is 7.04. The van der Waals surface area contributed by atoms with Gasteiger partial charge in [0.05, 0.1) is 5.69 Å². The van der Waals surface area contributed by atoms with Crippen LogP contribution in [0.5, 0.6) is 0 Å². The molecule has 5 nitrogen and oxygen atoms in total. The van der Waals surface area contributed by atoms with Gasteiger partial charge in [0, 0.05) is 18.6 Å². The smallest absolute Gasteiger partial charge is 0.301 e. The summed E-state index contributed by atoms with van der Waals surface area (Å²) in [6.07, 6.45) is 0.678. The summed E-state index contributed by atoms with van der Waals surface area (Å²) in [6, 6.07) is 3.53. The second-order valence-corrected chi connectivity index (χ2v) is 6.26. The Morgan fingerprint density at radius 3 is 2.63 bits per heavy atom. The van der Waals surface area contributed by atoms with Crippen molar-refractivity contribution in [2.75, 3.05) is 31.9 Å². The monoisotopic (exact) mass is 309 g/mol. The van der Waals surface area contributed by atoms with Crippen molar-refractivity contribution in [3.63, 3.8) is 0 Å². The van der Waals surface area contributed by atoms with E-state index in [0.717, 1.165) is 12.1 Å². The highest BCUT2D eigenvalue weighted by molar-refractivity contribution is 7.90. The number of nitrogens with one attached hydrogen (secondary N) is 2. The van der Waals surface area contributed by atoms with Gasteiger partial charge in [-0.3, -0.25) is 4.72 Å². The largest absolute Gasteiger partial charge is 0.320 e. The first-order chi connectivity index (χ1) is 8.85. The van der Waals surface area contributed by atoms with Gasteiger partial charge in [-0.05, 0) is 38.2 Å². The summed E-state index contributed by atoms with van der Waals surface area (Å²) < 4.78 is 40.5. The van der Waals surface area contributed by atoms with Crippen LogP contribution in [0.1, 0.15) is 6.42 Å². The predicted octanol–water partition coefficient (Wildman–Crippen LogP) is 1.68. The normalized spacial score (nSPS) is 11.8. The summed E-state index contributed by atoms with van der Waals surface area (Å²) in [6.45, 7) is 1.07. The maximum Gasteiger partial charge on any atom is 0.301 e. The summed E-state index contributed by atoms with van der Waals surface area (Å²) in [5.41, 5.74) is 0.102. The summed E-state index contributed by atoms with van der Waals surface area (Å²) >= 11 is 5.66. The van der Waals surface area contributed by atoms with Crippen LogP contribution in [-0.4, -0.2) is 39.9 Å². The molecule has 0 atom stereocenters. The Morgan fingerprint density at radius 1 is 1.37 bits per heavy atom. The Labute approximate surface area is 117 Å². The summed E-state index contributed by atoms with van der Waals surface area (Å²) in [7, 11) is -0.447. The lowest BCUT2D eigenvalue weighted by Gasteiger charge is -2.18. The van der Waals surface area contributed by atoms with E-state index < -0.39 is 16.0 Å². The topological polar surface area (TPSA) is 61.4 Å². The van der Waals surface area contributed by atoms with Gasteiger partial charge in [0.25, 0.3) is 0 Å². The van der Waals surface area contributed by atoms with Crippen molar-refractivity contribution >= 4 is 27.5 Å². The Hall–Kier alpha value is -0.890. The minimum Gasteiger partial charge on any atom is -0.320 e. The molecule has 0 aromatic heterocycles. The van der Waals surface area contributed by atoms with Crippen LogP contribution in [0, 0.1) is 5.82 Å². The van der Waals surface area contributed by atoms with Gasteiger partial charge in [-0.2, -0.15) is 12.7 Å². The molecule has 0 aliphatic carbocycles. The van der Waals surface area contributed by atoms with Crippen LogP contribution in [-0.2, 0) is 10.2 Å². The molecule has 2 N–H and O–H groups in total. The molecule has 1 rings (SSSR count). The fourth-order valence-corrected chi connectivity index (χ4v) is 2.60. The molecule has 19 heavy (non-hydrogen) atoms. The van der Waals surface area contributed by atoms with Crippen molar-refractivity contribution in [1.82, 2.24) is 9.62 Å². The molecule has 108 valence electrons. The first kappa shape index (κ1) is 16.2. The third kappa shape index (κ3) is 5.32. The Bertz CT molecular complexity index is 504. The Morgan fingerprint density at radius 2 is 2.05 bits per heavy atom. The molecule has 1 aromatic rings. The molecule has 8 heteroatoms. The molecule has 0 unspecified atom stereocenters. The van der Waals surface area contributed by atoms with E-state index in [-0.39, 0.29) is 10.7 Å². The zero-order valence-electron chi connectivity index (χ0n) is 10.8. The molecule has 0 bridgehead atoms. The van der Waals surface area contributed by atoms with Crippen molar-refractivity contribution in [1.29, 1.82) is 0 Å². The highest BCUT2D eigenvalue weighted by atomic mass is 35.5. The summed E-state index contributed by atoms with van der Waals surface area (Å²) in [5, 5.41) is 3.06. The molecule has 0 saturated heterocycles. The van der Waals surface area contributed by atoms with Crippen LogP contribution < -0.4 is 10.0 Å². The maximum atomic E-state index is 13.1. The zero-order chi connectivity index (χ0) is 14.5. The van der Waals surface area contributed by atoms with Gasteiger partial charge in [-0.25, -0.2) is 4.39 Å². The fraction of sp³-hybridized carbons (Fsp3) is 0.455. The number of nitrogens with zero attached hydrogens (tertiary/aromatic N) is 1. The molecule has 0 radical (unpaired) electrons. The number of anilines is 1. The van der Waals surface area contributed by atoms with Gasteiger partial charge in [-0.15, -0.1) is 0 Å². The first-order valence-corrected chi connectivity index (χ1v) is 7.52. The van der Waals surface area contributed by atoms with E-state index in [1.165, 1.54) is 17.4 Å². The quantitative estimate of drug-likeness (QED) is 0.753. The molecule has 0 aliphatic heterocycles. The molecule has 0 heterocycles. The molecule has 1 aromatic carbocycles. The molecular weight excluding hydrogens is 293 g/mol. The van der Waals surface area contributed by atoms with Gasteiger partial charge in [0.2, 0.25) is 0 Å². The van der Waals surface area contributed by atoms with Crippen molar-refractivity contribution in [3.8, 4) is 0 Å². The molecule has 0 fully saturated rings. The van der Waals surface area contributed by atoms with Crippen LogP contribution in [0.2, 0.25) is 5.02 Å². The van der Waals surface area contributed by atoms with Crippen LogP contribution in [0.4, 0.5) is 10.1 Å². The van der Waals surface area contributed by atoms with E-state index in [1.54, 1.807) is 7.05 Å². The standard InChI is InChI=1S/C11H17ClFN3O2S/c1-14-4-3-5-16(2)19(17,18)15-11-7-9(12)6-10(13)8-11/h6-8,14-15H,3-5H2,1-2H3. The lowest BCUT2D eigenvalue weighted by molar-refractivity contribution is 0.462. The first-order valence-electron chi connectivity index (χ1n) is 5.70. The Balaban J connectivity index is 2.72. The van der Waals surface area contributed by atoms with Gasteiger partial charge in [-0.1, -0.05) is 11.6 Å². The highest BCUT2D eigenvalue weighted by Gasteiger charge is 2.17. The molecular formula is C11H17ClFN3O2S. The summed E-state index contributed by atoms with van der Waals surface area (Å²) in [4.78, 5) is 0. The number of hydrogen-bond acceptors (Lipinski definition) is 3. The second-order valence-electron chi connectivity index (χ2n) is 4.04. The number of hydrogen-bond donors (Lipinski definition) is 2. The van der Waals surface area contributed by atoms with Gasteiger partial charge in [0.1, 0.15) is 5.82 Å². The van der Waals surface area contributed by atoms with E-state index in [0.29, 0.717) is 19.5 Å². The van der Waals surface area contributed by atoms with Crippen LogP contribution in [0.3, 0.4) is 0 Å². The maximum absolute atomic E-state index is 13.1. The summed E-state index contributed by atoms with van der Waals surface area (Å²) in [5.74, 6) is -0.594. The SMILES string of the molecule is CNCCCN(C)S(=O)(=O)Nc1cc(F)cc(Cl)c1. The fourth-order valence-electron chi connectivity index (χ4n) is 1.44. The van der Waals surface area contributed by atoms with E-state index >= 15 is 0 Å². The van der Waals surface area contributed by atoms with Crippen molar-refractivity contribution in [2.45, 2.75) is 6.42 Å². The van der Waals surface area contributed by atoms with E-state index in [2.05, 4.69) is 10.0 Å². The number of rotatable bonds is 7.